The normalized spacial score (nSPS) is 18.6. The lowest BCUT2D eigenvalue weighted by molar-refractivity contribution is 0.0708. The Kier molecular flexibility index (Phi) is 4.10. The Morgan fingerprint density at radius 3 is 2.95 bits per heavy atom. The molecule has 0 saturated carbocycles. The Morgan fingerprint density at radius 1 is 1.50 bits per heavy atom. The van der Waals surface area contributed by atoms with Crippen LogP contribution in [0.4, 0.5) is 0 Å². The van der Waals surface area contributed by atoms with E-state index in [2.05, 4.69) is 20.2 Å². The van der Waals surface area contributed by atoms with Gasteiger partial charge in [0, 0.05) is 19.0 Å². The van der Waals surface area contributed by atoms with Crippen molar-refractivity contribution in [1.29, 1.82) is 0 Å². The highest BCUT2D eigenvalue weighted by Gasteiger charge is 2.29. The van der Waals surface area contributed by atoms with Gasteiger partial charge in [0.25, 0.3) is 5.91 Å². The van der Waals surface area contributed by atoms with Gasteiger partial charge >= 0.3 is 5.69 Å². The predicted octanol–water partition coefficient (Wildman–Crippen LogP) is 1.45. The number of hydrogen-bond acceptors (Lipinski definition) is 5. The van der Waals surface area contributed by atoms with Crippen LogP contribution in [0.2, 0.25) is 0 Å². The molecule has 3 heterocycles. The minimum atomic E-state index is -0.302. The van der Waals surface area contributed by atoms with Crippen LogP contribution in [0.5, 0.6) is 0 Å². The molecule has 0 bridgehead atoms. The smallest absolute Gasteiger partial charge is 0.337 e. The van der Waals surface area contributed by atoms with E-state index in [0.717, 1.165) is 41.4 Å². The van der Waals surface area contributed by atoms with Crippen LogP contribution in [0.1, 0.15) is 51.9 Å². The van der Waals surface area contributed by atoms with Gasteiger partial charge in [-0.2, -0.15) is 5.10 Å². The molecule has 0 radical (unpaired) electrons. The lowest BCUT2D eigenvalue weighted by atomic mass is 9.97. The van der Waals surface area contributed by atoms with Crippen LogP contribution in [-0.4, -0.2) is 44.1 Å². The van der Waals surface area contributed by atoms with E-state index in [9.17, 15) is 9.59 Å². The summed E-state index contributed by atoms with van der Waals surface area (Å²) in [6.07, 6.45) is 2.67. The molecular formula is C14H19N5O2S. The first kappa shape index (κ1) is 15.0. The highest BCUT2D eigenvalue weighted by Crippen LogP contribution is 2.27. The first-order valence-corrected chi connectivity index (χ1v) is 8.30. The fourth-order valence-electron chi connectivity index (χ4n) is 2.81. The van der Waals surface area contributed by atoms with E-state index < -0.39 is 0 Å². The van der Waals surface area contributed by atoms with Gasteiger partial charge in [-0.1, -0.05) is 6.92 Å². The fraction of sp³-hybridized carbons (Fsp3) is 0.571. The van der Waals surface area contributed by atoms with Crippen molar-refractivity contribution in [2.45, 2.75) is 39.0 Å². The molecule has 118 valence electrons. The molecule has 2 aromatic rings. The summed E-state index contributed by atoms with van der Waals surface area (Å²) < 4.78 is 0. The van der Waals surface area contributed by atoms with Gasteiger partial charge in [0.05, 0.1) is 10.7 Å². The molecule has 1 amide bonds. The second kappa shape index (κ2) is 6.04. The molecule has 2 N–H and O–H groups in total. The van der Waals surface area contributed by atoms with E-state index in [0.29, 0.717) is 12.4 Å². The summed E-state index contributed by atoms with van der Waals surface area (Å²) in [5, 5.41) is 7.38. The third kappa shape index (κ3) is 2.83. The Bertz CT molecular complexity index is 732. The highest BCUT2D eigenvalue weighted by atomic mass is 32.1. The van der Waals surface area contributed by atoms with Crippen molar-refractivity contribution < 1.29 is 4.79 Å². The summed E-state index contributed by atoms with van der Waals surface area (Å²) in [5.41, 5.74) is 0.506. The molecule has 2 aromatic heterocycles. The molecule has 1 saturated heterocycles. The maximum absolute atomic E-state index is 12.7. The van der Waals surface area contributed by atoms with Crippen molar-refractivity contribution in [3.05, 3.63) is 31.9 Å². The Labute approximate surface area is 131 Å². The third-order valence-electron chi connectivity index (χ3n) is 3.95. The summed E-state index contributed by atoms with van der Waals surface area (Å²) in [6.45, 7) is 5.24. The van der Waals surface area contributed by atoms with Crippen LogP contribution in [0, 0.1) is 6.92 Å². The third-order valence-corrected chi connectivity index (χ3v) is 5.24. The van der Waals surface area contributed by atoms with Gasteiger partial charge < -0.3 is 4.90 Å². The summed E-state index contributed by atoms with van der Waals surface area (Å²) in [5.74, 6) is 0.755. The topological polar surface area (TPSA) is 94.7 Å². The van der Waals surface area contributed by atoms with E-state index in [1.54, 1.807) is 0 Å². The number of aryl methyl sites for hydroxylation is 2. The van der Waals surface area contributed by atoms with E-state index in [1.807, 2.05) is 18.7 Å². The van der Waals surface area contributed by atoms with Gasteiger partial charge in [0.15, 0.2) is 0 Å². The predicted molar refractivity (Wildman–Crippen MR) is 83.3 cm³/mol. The van der Waals surface area contributed by atoms with E-state index in [1.165, 1.54) is 11.3 Å². The van der Waals surface area contributed by atoms with Gasteiger partial charge in [-0.15, -0.1) is 11.3 Å². The molecule has 1 aliphatic heterocycles. The zero-order valence-corrected chi connectivity index (χ0v) is 13.5. The lowest BCUT2D eigenvalue weighted by Gasteiger charge is -2.31. The van der Waals surface area contributed by atoms with Crippen LogP contribution in [-0.2, 0) is 6.42 Å². The first-order valence-electron chi connectivity index (χ1n) is 7.48. The largest absolute Gasteiger partial charge is 0.340 e. The maximum atomic E-state index is 12.7. The molecule has 0 aliphatic carbocycles. The molecule has 1 atom stereocenters. The van der Waals surface area contributed by atoms with Gasteiger partial charge in [-0.25, -0.2) is 14.9 Å². The summed E-state index contributed by atoms with van der Waals surface area (Å²) in [6, 6.07) is 0. The van der Waals surface area contributed by atoms with Crippen LogP contribution in [0.25, 0.3) is 0 Å². The van der Waals surface area contributed by atoms with Crippen LogP contribution >= 0.6 is 11.3 Å². The molecule has 3 rings (SSSR count). The van der Waals surface area contributed by atoms with E-state index in [4.69, 9.17) is 0 Å². The molecule has 7 nitrogen and oxygen atoms in total. The van der Waals surface area contributed by atoms with Crippen LogP contribution < -0.4 is 5.69 Å². The van der Waals surface area contributed by atoms with Crippen molar-refractivity contribution in [3.63, 3.8) is 0 Å². The summed E-state index contributed by atoms with van der Waals surface area (Å²) in [4.78, 5) is 33.6. The number of nitrogens with zero attached hydrogens (tertiary/aromatic N) is 3. The van der Waals surface area contributed by atoms with Crippen molar-refractivity contribution in [1.82, 2.24) is 25.1 Å². The number of nitrogens with one attached hydrogen (secondary N) is 2. The van der Waals surface area contributed by atoms with Crippen molar-refractivity contribution >= 4 is 17.2 Å². The lowest BCUT2D eigenvalue weighted by Crippen LogP contribution is -2.39. The number of amides is 1. The highest BCUT2D eigenvalue weighted by molar-refractivity contribution is 7.13. The molecule has 0 spiro atoms. The quantitative estimate of drug-likeness (QED) is 0.894. The second-order valence-corrected chi connectivity index (χ2v) is 6.61. The Hall–Kier alpha value is -1.96. The average Bonchev–Trinajstić information content (AvgIpc) is 3.12. The Morgan fingerprint density at radius 2 is 2.32 bits per heavy atom. The number of rotatable bonds is 3. The molecule has 22 heavy (non-hydrogen) atoms. The maximum Gasteiger partial charge on any atom is 0.340 e. The molecule has 8 heteroatoms. The van der Waals surface area contributed by atoms with E-state index in [-0.39, 0.29) is 17.5 Å². The van der Waals surface area contributed by atoms with E-state index >= 15 is 0 Å². The number of H-pyrrole nitrogens is 2. The average molecular weight is 321 g/mol. The van der Waals surface area contributed by atoms with Gasteiger partial charge in [0.2, 0.25) is 0 Å². The SMILES string of the molecule is CCc1nc(C)c(C(=O)N2CCC[C@H](c3n[nH]c(=O)[nH]3)C2)s1. The van der Waals surface area contributed by atoms with Crippen LogP contribution in [0.15, 0.2) is 4.79 Å². The zero-order chi connectivity index (χ0) is 15.7. The second-order valence-electron chi connectivity index (χ2n) is 5.53. The number of piperidine rings is 1. The standard InChI is InChI=1S/C14H19N5O2S/c1-3-10-15-8(2)11(22-10)13(20)19-6-4-5-9(7-19)12-16-14(21)18-17-12/h9H,3-7H2,1-2H3,(H2,16,17,18,21)/t9-/m0/s1. The van der Waals surface area contributed by atoms with Gasteiger partial charge in [0.1, 0.15) is 10.7 Å². The van der Waals surface area contributed by atoms with Gasteiger partial charge in [-0.3, -0.25) is 9.78 Å². The number of aromatic nitrogens is 4. The zero-order valence-electron chi connectivity index (χ0n) is 12.7. The molecular weight excluding hydrogens is 302 g/mol. The number of aromatic amines is 2. The van der Waals surface area contributed by atoms with Crippen LogP contribution in [0.3, 0.4) is 0 Å². The number of thiazole rings is 1. The molecule has 0 aromatic carbocycles. The number of hydrogen-bond donors (Lipinski definition) is 2. The monoisotopic (exact) mass is 321 g/mol. The minimum absolute atomic E-state index is 0.0392. The minimum Gasteiger partial charge on any atom is -0.337 e. The number of carbonyl (C=O) groups excluding carboxylic acids is 1. The molecule has 1 aliphatic rings. The van der Waals surface area contributed by atoms with Crippen molar-refractivity contribution in [3.8, 4) is 0 Å². The first-order chi connectivity index (χ1) is 10.6. The number of likely N-dealkylation sites (tertiary alicyclic amines) is 1. The Balaban J connectivity index is 1.77. The van der Waals surface area contributed by atoms with Crippen molar-refractivity contribution in [2.75, 3.05) is 13.1 Å². The summed E-state index contributed by atoms with van der Waals surface area (Å²) in [7, 11) is 0. The fourth-order valence-corrected chi connectivity index (χ4v) is 3.78. The molecule has 1 fully saturated rings. The molecule has 0 unspecified atom stereocenters. The summed E-state index contributed by atoms with van der Waals surface area (Å²) >= 11 is 1.48. The van der Waals surface area contributed by atoms with Gasteiger partial charge in [-0.05, 0) is 26.2 Å². The van der Waals surface area contributed by atoms with Crippen molar-refractivity contribution in [2.24, 2.45) is 0 Å². The number of carbonyl (C=O) groups is 1.